The summed E-state index contributed by atoms with van der Waals surface area (Å²) in [6.45, 7) is 2.17. The maximum atomic E-state index is 12.4. The first-order valence-corrected chi connectivity index (χ1v) is 8.71. The summed E-state index contributed by atoms with van der Waals surface area (Å²) in [6, 6.07) is 3.96. The molecule has 0 aromatic carbocycles. The molecule has 0 radical (unpaired) electrons. The van der Waals surface area contributed by atoms with Crippen LogP contribution in [0.2, 0.25) is 0 Å². The van der Waals surface area contributed by atoms with Gasteiger partial charge < -0.3 is 5.32 Å². The Balaban J connectivity index is 1.66. The number of pyridine rings is 1. The van der Waals surface area contributed by atoms with Crippen molar-refractivity contribution in [3.05, 3.63) is 23.9 Å². The SMILES string of the molecule is CSc1ncccc1C(=O)N[C@@H](C)[C@H]1C[C@@H]2CC[C@H]1C2. The van der Waals surface area contributed by atoms with Crippen molar-refractivity contribution in [2.75, 3.05) is 6.26 Å². The Morgan fingerprint density at radius 2 is 2.30 bits per heavy atom. The molecule has 3 nitrogen and oxygen atoms in total. The molecule has 1 aromatic heterocycles. The van der Waals surface area contributed by atoms with Gasteiger partial charge in [0.25, 0.3) is 5.91 Å². The molecule has 2 fully saturated rings. The van der Waals surface area contributed by atoms with E-state index in [4.69, 9.17) is 0 Å². The van der Waals surface area contributed by atoms with Crippen LogP contribution in [0.5, 0.6) is 0 Å². The van der Waals surface area contributed by atoms with Gasteiger partial charge in [-0.25, -0.2) is 4.98 Å². The maximum Gasteiger partial charge on any atom is 0.254 e. The number of thioether (sulfide) groups is 1. The summed E-state index contributed by atoms with van der Waals surface area (Å²) in [4.78, 5) is 16.7. The van der Waals surface area contributed by atoms with Gasteiger partial charge in [0.05, 0.1) is 5.56 Å². The number of rotatable bonds is 4. The largest absolute Gasteiger partial charge is 0.349 e. The number of nitrogens with zero attached hydrogens (tertiary/aromatic N) is 1. The molecule has 3 rings (SSSR count). The second kappa shape index (κ2) is 5.76. The van der Waals surface area contributed by atoms with Gasteiger partial charge >= 0.3 is 0 Å². The fourth-order valence-corrected chi connectivity index (χ4v) is 4.57. The van der Waals surface area contributed by atoms with Crippen LogP contribution in [-0.2, 0) is 0 Å². The summed E-state index contributed by atoms with van der Waals surface area (Å²) >= 11 is 1.52. The topological polar surface area (TPSA) is 42.0 Å². The molecule has 1 amide bonds. The third-order valence-electron chi connectivity index (χ3n) is 5.00. The highest BCUT2D eigenvalue weighted by molar-refractivity contribution is 7.98. The number of hydrogen-bond acceptors (Lipinski definition) is 3. The van der Waals surface area contributed by atoms with Crippen LogP contribution < -0.4 is 5.32 Å². The summed E-state index contributed by atoms with van der Waals surface area (Å²) in [5.41, 5.74) is 0.704. The van der Waals surface area contributed by atoms with E-state index in [0.717, 1.165) is 16.9 Å². The molecule has 2 saturated carbocycles. The minimum absolute atomic E-state index is 0.0257. The van der Waals surface area contributed by atoms with Crippen LogP contribution in [0.1, 0.15) is 43.0 Å². The fraction of sp³-hybridized carbons (Fsp3) is 0.625. The van der Waals surface area contributed by atoms with E-state index in [9.17, 15) is 4.79 Å². The van der Waals surface area contributed by atoms with Gasteiger partial charge in [0.1, 0.15) is 5.03 Å². The van der Waals surface area contributed by atoms with E-state index in [1.54, 1.807) is 6.20 Å². The fourth-order valence-electron chi connectivity index (χ4n) is 4.02. The van der Waals surface area contributed by atoms with Crippen LogP contribution in [0.15, 0.2) is 23.4 Å². The van der Waals surface area contributed by atoms with E-state index in [1.165, 1.54) is 37.4 Å². The van der Waals surface area contributed by atoms with Crippen LogP contribution >= 0.6 is 11.8 Å². The van der Waals surface area contributed by atoms with Crippen molar-refractivity contribution in [3.63, 3.8) is 0 Å². The smallest absolute Gasteiger partial charge is 0.254 e. The predicted octanol–water partition coefficient (Wildman–Crippen LogP) is 3.36. The highest BCUT2D eigenvalue weighted by Crippen LogP contribution is 2.49. The lowest BCUT2D eigenvalue weighted by Crippen LogP contribution is -2.40. The van der Waals surface area contributed by atoms with Crippen LogP contribution in [0.3, 0.4) is 0 Å². The quantitative estimate of drug-likeness (QED) is 0.865. The number of nitrogens with one attached hydrogen (secondary N) is 1. The van der Waals surface area contributed by atoms with E-state index in [2.05, 4.69) is 17.2 Å². The Morgan fingerprint density at radius 3 is 2.95 bits per heavy atom. The first-order chi connectivity index (χ1) is 9.69. The van der Waals surface area contributed by atoms with E-state index in [-0.39, 0.29) is 11.9 Å². The molecule has 1 heterocycles. The van der Waals surface area contributed by atoms with E-state index in [1.807, 2.05) is 18.4 Å². The molecule has 1 N–H and O–H groups in total. The summed E-state index contributed by atoms with van der Waals surface area (Å²) < 4.78 is 0. The van der Waals surface area contributed by atoms with Crippen LogP contribution in [0.4, 0.5) is 0 Å². The number of carbonyl (C=O) groups excluding carboxylic acids is 1. The van der Waals surface area contributed by atoms with E-state index in [0.29, 0.717) is 11.5 Å². The summed E-state index contributed by atoms with van der Waals surface area (Å²) in [5.74, 6) is 2.46. The molecule has 108 valence electrons. The maximum absolute atomic E-state index is 12.4. The molecule has 4 heteroatoms. The lowest BCUT2D eigenvalue weighted by Gasteiger charge is -2.28. The molecular formula is C16H22N2OS. The average Bonchev–Trinajstić information content (AvgIpc) is 3.09. The monoisotopic (exact) mass is 290 g/mol. The van der Waals surface area contributed by atoms with Crippen molar-refractivity contribution in [1.29, 1.82) is 0 Å². The molecule has 0 aliphatic heterocycles. The number of carbonyl (C=O) groups is 1. The highest BCUT2D eigenvalue weighted by atomic mass is 32.2. The van der Waals surface area contributed by atoms with E-state index >= 15 is 0 Å². The van der Waals surface area contributed by atoms with Gasteiger partial charge in [-0.05, 0) is 62.3 Å². The average molecular weight is 290 g/mol. The first-order valence-electron chi connectivity index (χ1n) is 7.49. The van der Waals surface area contributed by atoms with Gasteiger partial charge in [-0.2, -0.15) is 0 Å². The van der Waals surface area contributed by atoms with Crippen molar-refractivity contribution in [3.8, 4) is 0 Å². The number of hydrogen-bond donors (Lipinski definition) is 1. The highest BCUT2D eigenvalue weighted by Gasteiger charge is 2.42. The van der Waals surface area contributed by atoms with Crippen LogP contribution in [0.25, 0.3) is 0 Å². The Kier molecular flexibility index (Phi) is 4.01. The molecule has 1 aromatic rings. The minimum Gasteiger partial charge on any atom is -0.349 e. The van der Waals surface area contributed by atoms with E-state index < -0.39 is 0 Å². The molecule has 0 unspecified atom stereocenters. The third kappa shape index (κ3) is 2.58. The third-order valence-corrected chi connectivity index (χ3v) is 5.71. The Labute approximate surface area is 124 Å². The van der Waals surface area contributed by atoms with Crippen LogP contribution in [-0.4, -0.2) is 23.2 Å². The van der Waals surface area contributed by atoms with Gasteiger partial charge in [0, 0.05) is 12.2 Å². The van der Waals surface area contributed by atoms with Crippen molar-refractivity contribution in [2.24, 2.45) is 17.8 Å². The van der Waals surface area contributed by atoms with Crippen LogP contribution in [0, 0.1) is 17.8 Å². The van der Waals surface area contributed by atoms with Gasteiger partial charge in [-0.1, -0.05) is 6.42 Å². The lowest BCUT2D eigenvalue weighted by molar-refractivity contribution is 0.0911. The Hall–Kier alpha value is -1.03. The standard InChI is InChI=1S/C16H22N2OS/c1-10(14-9-11-5-6-12(14)8-11)18-15(19)13-4-3-7-17-16(13)20-2/h3-4,7,10-12,14H,5-6,8-9H2,1-2H3,(H,18,19)/t10-,11+,12-,14+/m0/s1. The minimum atomic E-state index is 0.0257. The Morgan fingerprint density at radius 1 is 1.45 bits per heavy atom. The number of aromatic nitrogens is 1. The zero-order chi connectivity index (χ0) is 14.1. The lowest BCUT2D eigenvalue weighted by atomic mass is 9.84. The van der Waals surface area contributed by atoms with Gasteiger partial charge in [0.2, 0.25) is 0 Å². The molecule has 2 bridgehead atoms. The summed E-state index contributed by atoms with van der Waals surface area (Å²) in [7, 11) is 0. The summed E-state index contributed by atoms with van der Waals surface area (Å²) in [5, 5.41) is 4.02. The van der Waals surface area contributed by atoms with Gasteiger partial charge in [-0.15, -0.1) is 11.8 Å². The Bertz CT molecular complexity index is 505. The zero-order valence-electron chi connectivity index (χ0n) is 12.1. The van der Waals surface area contributed by atoms with Crippen molar-refractivity contribution in [2.45, 2.75) is 43.7 Å². The molecule has 20 heavy (non-hydrogen) atoms. The summed E-state index contributed by atoms with van der Waals surface area (Å²) in [6.07, 6.45) is 9.14. The molecule has 0 spiro atoms. The molecule has 4 atom stereocenters. The van der Waals surface area contributed by atoms with Gasteiger partial charge in [-0.3, -0.25) is 4.79 Å². The zero-order valence-corrected chi connectivity index (χ0v) is 13.0. The number of amides is 1. The second-order valence-electron chi connectivity index (χ2n) is 6.16. The normalized spacial score (nSPS) is 29.4. The second-order valence-corrected chi connectivity index (χ2v) is 6.96. The van der Waals surface area contributed by atoms with Crippen molar-refractivity contribution < 1.29 is 4.79 Å². The molecule has 2 aliphatic rings. The molecule has 2 aliphatic carbocycles. The van der Waals surface area contributed by atoms with Crippen molar-refractivity contribution >= 4 is 17.7 Å². The number of fused-ring (bicyclic) bond motifs is 2. The predicted molar refractivity (Wildman–Crippen MR) is 81.9 cm³/mol. The first kappa shape index (κ1) is 13.9. The molecule has 0 saturated heterocycles. The van der Waals surface area contributed by atoms with Gasteiger partial charge in [0.15, 0.2) is 0 Å². The van der Waals surface area contributed by atoms with Crippen molar-refractivity contribution in [1.82, 2.24) is 10.3 Å². The molecular weight excluding hydrogens is 268 g/mol.